The Kier molecular flexibility index (Phi) is 6.80. The highest BCUT2D eigenvalue weighted by Gasteiger charge is 2.10. The number of phenolic OH excluding ortho intramolecular Hbond substituents is 1. The molecule has 0 saturated heterocycles. The molecule has 0 aliphatic heterocycles. The van der Waals surface area contributed by atoms with Crippen LogP contribution in [0.25, 0.3) is 0 Å². The average Bonchev–Trinajstić information content (AvgIpc) is 2.64. The Morgan fingerprint density at radius 3 is 2.50 bits per heavy atom. The molecule has 28 heavy (non-hydrogen) atoms. The fraction of sp³-hybridized carbons (Fsp3) is 0.211. The fourth-order valence-electron chi connectivity index (χ4n) is 2.26. The number of hydrazone groups is 1. The van der Waals surface area contributed by atoms with E-state index in [0.717, 1.165) is 29.5 Å². The summed E-state index contributed by atoms with van der Waals surface area (Å²) >= 11 is 0. The summed E-state index contributed by atoms with van der Waals surface area (Å²) in [6.45, 7) is 3.91. The molecule has 9 nitrogen and oxygen atoms in total. The van der Waals surface area contributed by atoms with E-state index in [4.69, 9.17) is 0 Å². The summed E-state index contributed by atoms with van der Waals surface area (Å²) in [5.74, 6) is -1.02. The standard InChI is InChI=1S/C19H20N4O5/c1-12-3-4-15(9-13(12)2)21-18(25)7-8-19(26)22-20-11-14-10-16(23(27)28)5-6-17(14)24/h3-6,9-11,24H,7-8H2,1-2H3,(H,21,25)(H,22,26)/b20-11-. The molecule has 0 fully saturated rings. The molecule has 0 heterocycles. The molecule has 2 rings (SSSR count). The number of rotatable bonds is 7. The maximum absolute atomic E-state index is 11.9. The van der Waals surface area contributed by atoms with Gasteiger partial charge in [0.25, 0.3) is 5.69 Å². The summed E-state index contributed by atoms with van der Waals surface area (Å²) in [5.41, 5.74) is 4.91. The van der Waals surface area contributed by atoms with Gasteiger partial charge in [0.05, 0.1) is 11.1 Å². The van der Waals surface area contributed by atoms with Crippen LogP contribution in [0.15, 0.2) is 41.5 Å². The van der Waals surface area contributed by atoms with Crippen molar-refractivity contribution in [2.24, 2.45) is 5.10 Å². The van der Waals surface area contributed by atoms with E-state index in [1.807, 2.05) is 26.0 Å². The first-order chi connectivity index (χ1) is 13.3. The molecular weight excluding hydrogens is 364 g/mol. The number of nitrogens with one attached hydrogen (secondary N) is 2. The van der Waals surface area contributed by atoms with E-state index in [1.54, 1.807) is 6.07 Å². The second-order valence-corrected chi connectivity index (χ2v) is 6.14. The number of hydrogen-bond acceptors (Lipinski definition) is 6. The number of non-ortho nitro benzene ring substituents is 1. The van der Waals surface area contributed by atoms with Crippen LogP contribution < -0.4 is 10.7 Å². The second kappa shape index (κ2) is 9.26. The zero-order chi connectivity index (χ0) is 20.7. The number of nitrogens with zero attached hydrogens (tertiary/aromatic N) is 2. The van der Waals surface area contributed by atoms with Crippen LogP contribution in [-0.4, -0.2) is 28.1 Å². The molecule has 0 radical (unpaired) electrons. The number of carbonyl (C=O) groups is 2. The summed E-state index contributed by atoms with van der Waals surface area (Å²) in [4.78, 5) is 33.8. The smallest absolute Gasteiger partial charge is 0.270 e. The third-order valence-corrected chi connectivity index (χ3v) is 3.98. The van der Waals surface area contributed by atoms with Gasteiger partial charge >= 0.3 is 0 Å². The van der Waals surface area contributed by atoms with Crippen LogP contribution in [0, 0.1) is 24.0 Å². The van der Waals surface area contributed by atoms with Gasteiger partial charge in [-0.2, -0.15) is 5.10 Å². The maximum atomic E-state index is 11.9. The number of hydrogen-bond donors (Lipinski definition) is 3. The minimum Gasteiger partial charge on any atom is -0.507 e. The Bertz CT molecular complexity index is 940. The maximum Gasteiger partial charge on any atom is 0.270 e. The molecular formula is C19H20N4O5. The van der Waals surface area contributed by atoms with Gasteiger partial charge in [0.2, 0.25) is 11.8 Å². The molecule has 146 valence electrons. The average molecular weight is 384 g/mol. The Labute approximate surface area is 161 Å². The molecule has 0 aliphatic rings. The predicted octanol–water partition coefficient (Wildman–Crippen LogP) is 2.79. The number of aromatic hydroxyl groups is 1. The van der Waals surface area contributed by atoms with Gasteiger partial charge in [0.1, 0.15) is 5.75 Å². The van der Waals surface area contributed by atoms with Gasteiger partial charge in [-0.25, -0.2) is 5.43 Å². The third kappa shape index (κ3) is 5.90. The second-order valence-electron chi connectivity index (χ2n) is 6.14. The molecule has 2 aromatic rings. The van der Waals surface area contributed by atoms with Gasteiger partial charge in [-0.3, -0.25) is 19.7 Å². The van der Waals surface area contributed by atoms with Gasteiger partial charge in [-0.15, -0.1) is 0 Å². The Hall–Kier alpha value is -3.75. The molecule has 0 spiro atoms. The van der Waals surface area contributed by atoms with E-state index in [-0.39, 0.29) is 35.7 Å². The van der Waals surface area contributed by atoms with Gasteiger partial charge in [0.15, 0.2) is 0 Å². The molecule has 0 atom stereocenters. The lowest BCUT2D eigenvalue weighted by atomic mass is 10.1. The minimum atomic E-state index is -0.608. The lowest BCUT2D eigenvalue weighted by molar-refractivity contribution is -0.384. The van der Waals surface area contributed by atoms with E-state index in [0.29, 0.717) is 5.69 Å². The van der Waals surface area contributed by atoms with Gasteiger partial charge in [0, 0.05) is 36.2 Å². The molecule has 0 saturated carbocycles. The van der Waals surface area contributed by atoms with Crippen molar-refractivity contribution in [2.45, 2.75) is 26.7 Å². The van der Waals surface area contributed by atoms with Gasteiger partial charge < -0.3 is 10.4 Å². The number of nitro groups is 1. The topological polar surface area (TPSA) is 134 Å². The lowest BCUT2D eigenvalue weighted by Gasteiger charge is -2.07. The molecule has 2 aromatic carbocycles. The van der Waals surface area contributed by atoms with E-state index >= 15 is 0 Å². The fourth-order valence-corrected chi connectivity index (χ4v) is 2.26. The number of nitro benzene ring substituents is 1. The quantitative estimate of drug-likeness (QED) is 0.383. The SMILES string of the molecule is Cc1ccc(NC(=O)CCC(=O)N/N=C\c2cc([N+](=O)[O-])ccc2O)cc1C. The normalized spacial score (nSPS) is 10.6. The summed E-state index contributed by atoms with van der Waals surface area (Å²) in [6.07, 6.45) is 0.973. The van der Waals surface area contributed by atoms with Crippen LogP contribution >= 0.6 is 0 Å². The van der Waals surface area contributed by atoms with Crippen LogP contribution in [0.5, 0.6) is 5.75 Å². The summed E-state index contributed by atoms with van der Waals surface area (Å²) in [6, 6.07) is 8.98. The van der Waals surface area contributed by atoms with Gasteiger partial charge in [-0.1, -0.05) is 6.07 Å². The van der Waals surface area contributed by atoms with Crippen LogP contribution in [0.2, 0.25) is 0 Å². The molecule has 3 N–H and O–H groups in total. The van der Waals surface area contributed by atoms with Crippen molar-refractivity contribution < 1.29 is 19.6 Å². The Balaban J connectivity index is 1.83. The van der Waals surface area contributed by atoms with E-state index in [2.05, 4.69) is 15.8 Å². The highest BCUT2D eigenvalue weighted by Crippen LogP contribution is 2.21. The largest absolute Gasteiger partial charge is 0.507 e. The number of phenols is 1. The Morgan fingerprint density at radius 1 is 1.11 bits per heavy atom. The van der Waals surface area contributed by atoms with Crippen molar-refractivity contribution in [3.8, 4) is 5.75 Å². The van der Waals surface area contributed by atoms with Crippen molar-refractivity contribution >= 4 is 29.4 Å². The number of carbonyl (C=O) groups excluding carboxylic acids is 2. The van der Waals surface area contributed by atoms with Crippen LogP contribution in [-0.2, 0) is 9.59 Å². The van der Waals surface area contributed by atoms with Crippen molar-refractivity contribution in [2.75, 3.05) is 5.32 Å². The summed E-state index contributed by atoms with van der Waals surface area (Å²) in [5, 5.41) is 26.8. The zero-order valence-corrected chi connectivity index (χ0v) is 15.4. The van der Waals surface area contributed by atoms with E-state index in [9.17, 15) is 24.8 Å². The van der Waals surface area contributed by atoms with Crippen LogP contribution in [0.4, 0.5) is 11.4 Å². The molecule has 0 aromatic heterocycles. The zero-order valence-electron chi connectivity index (χ0n) is 15.4. The molecule has 0 bridgehead atoms. The van der Waals surface area contributed by atoms with Crippen LogP contribution in [0.3, 0.4) is 0 Å². The van der Waals surface area contributed by atoms with Crippen LogP contribution in [0.1, 0.15) is 29.5 Å². The minimum absolute atomic E-state index is 0.0314. The van der Waals surface area contributed by atoms with Crippen molar-refractivity contribution in [1.29, 1.82) is 0 Å². The lowest BCUT2D eigenvalue weighted by Crippen LogP contribution is -2.20. The Morgan fingerprint density at radius 2 is 1.82 bits per heavy atom. The first-order valence-corrected chi connectivity index (χ1v) is 8.42. The van der Waals surface area contributed by atoms with Gasteiger partial charge in [-0.05, 0) is 43.2 Å². The van der Waals surface area contributed by atoms with E-state index in [1.165, 1.54) is 6.07 Å². The first-order valence-electron chi connectivity index (χ1n) is 8.42. The number of anilines is 1. The predicted molar refractivity (Wildman–Crippen MR) is 104 cm³/mol. The van der Waals surface area contributed by atoms with Crippen molar-refractivity contribution in [1.82, 2.24) is 5.43 Å². The monoisotopic (exact) mass is 384 g/mol. The van der Waals surface area contributed by atoms with E-state index < -0.39 is 10.8 Å². The highest BCUT2D eigenvalue weighted by molar-refractivity contribution is 5.93. The summed E-state index contributed by atoms with van der Waals surface area (Å²) < 4.78 is 0. The first kappa shape index (κ1) is 20.6. The molecule has 0 unspecified atom stereocenters. The van der Waals surface area contributed by atoms with Crippen molar-refractivity contribution in [3.05, 3.63) is 63.2 Å². The molecule has 2 amide bonds. The molecule has 9 heteroatoms. The van der Waals surface area contributed by atoms with Crippen molar-refractivity contribution in [3.63, 3.8) is 0 Å². The number of amides is 2. The molecule has 0 aliphatic carbocycles. The summed E-state index contributed by atoms with van der Waals surface area (Å²) in [7, 11) is 0. The number of benzene rings is 2. The third-order valence-electron chi connectivity index (χ3n) is 3.98. The highest BCUT2D eigenvalue weighted by atomic mass is 16.6. The number of aryl methyl sites for hydroxylation is 2.